The lowest BCUT2D eigenvalue weighted by Gasteiger charge is -2.34. The molecule has 0 spiro atoms. The highest BCUT2D eigenvalue weighted by atomic mass is 16.1. The number of rotatable bonds is 3. The summed E-state index contributed by atoms with van der Waals surface area (Å²) in [5, 5.41) is 0. The summed E-state index contributed by atoms with van der Waals surface area (Å²) in [6.45, 7) is 4.47. The maximum atomic E-state index is 12.1. The van der Waals surface area contributed by atoms with Crippen molar-refractivity contribution in [2.75, 3.05) is 0 Å². The van der Waals surface area contributed by atoms with Gasteiger partial charge in [0.15, 0.2) is 5.78 Å². The Bertz CT molecular complexity index is 394. The molecule has 0 saturated carbocycles. The number of carbonyl (C=O) groups excluding carboxylic acids is 1. The third-order valence-electron chi connectivity index (χ3n) is 3.66. The number of hydrogen-bond acceptors (Lipinski definition) is 1. The van der Waals surface area contributed by atoms with Crippen LogP contribution in [0, 0.1) is 5.41 Å². The Kier molecular flexibility index (Phi) is 3.13. The van der Waals surface area contributed by atoms with Gasteiger partial charge in [0, 0.05) is 12.0 Å². The van der Waals surface area contributed by atoms with Crippen LogP contribution in [0.5, 0.6) is 0 Å². The predicted octanol–water partition coefficient (Wildman–Crippen LogP) is 4.01. The zero-order valence-electron chi connectivity index (χ0n) is 10.3. The molecule has 0 bridgehead atoms. The molecule has 0 heterocycles. The number of carbonyl (C=O) groups is 1. The quantitative estimate of drug-likeness (QED) is 0.746. The second-order valence-corrected chi connectivity index (χ2v) is 5.35. The van der Waals surface area contributed by atoms with E-state index in [2.05, 4.69) is 19.9 Å². The van der Waals surface area contributed by atoms with E-state index in [0.29, 0.717) is 5.78 Å². The van der Waals surface area contributed by atoms with Crippen molar-refractivity contribution in [2.45, 2.75) is 46.0 Å². The van der Waals surface area contributed by atoms with E-state index < -0.39 is 0 Å². The van der Waals surface area contributed by atoms with Gasteiger partial charge >= 0.3 is 0 Å². The number of hydrogen-bond donors (Lipinski definition) is 0. The second kappa shape index (κ2) is 4.40. The van der Waals surface area contributed by atoms with E-state index in [1.807, 2.05) is 18.2 Å². The fraction of sp³-hybridized carbons (Fsp3) is 0.533. The molecular weight excluding hydrogens is 196 g/mol. The zero-order valence-corrected chi connectivity index (χ0v) is 10.3. The fourth-order valence-electron chi connectivity index (χ4n) is 2.73. The molecule has 0 amide bonds. The average molecular weight is 216 g/mol. The highest BCUT2D eigenvalue weighted by Crippen LogP contribution is 2.38. The summed E-state index contributed by atoms with van der Waals surface area (Å²) in [7, 11) is 0. The Labute approximate surface area is 97.9 Å². The Balaban J connectivity index is 2.23. The maximum absolute atomic E-state index is 12.1. The van der Waals surface area contributed by atoms with Gasteiger partial charge < -0.3 is 0 Å². The normalized spacial score (nSPS) is 24.2. The first kappa shape index (κ1) is 11.4. The van der Waals surface area contributed by atoms with Crippen molar-refractivity contribution in [1.29, 1.82) is 0 Å². The van der Waals surface area contributed by atoms with Crippen LogP contribution >= 0.6 is 0 Å². The Morgan fingerprint density at radius 1 is 1.25 bits per heavy atom. The first-order valence-electron chi connectivity index (χ1n) is 6.26. The van der Waals surface area contributed by atoms with Crippen molar-refractivity contribution < 1.29 is 4.79 Å². The van der Waals surface area contributed by atoms with Crippen molar-refractivity contribution in [3.05, 3.63) is 35.4 Å². The van der Waals surface area contributed by atoms with Crippen LogP contribution in [0.3, 0.4) is 0 Å². The molecule has 1 aliphatic rings. The minimum absolute atomic E-state index is 0.196. The van der Waals surface area contributed by atoms with Crippen LogP contribution in [0.2, 0.25) is 0 Å². The first-order valence-corrected chi connectivity index (χ1v) is 6.26. The van der Waals surface area contributed by atoms with E-state index in [4.69, 9.17) is 0 Å². The molecular formula is C15H20O. The minimum atomic E-state index is 0.196. The van der Waals surface area contributed by atoms with Gasteiger partial charge in [-0.15, -0.1) is 0 Å². The van der Waals surface area contributed by atoms with Crippen molar-refractivity contribution in [3.63, 3.8) is 0 Å². The largest absolute Gasteiger partial charge is 0.294 e. The molecule has 0 fully saturated rings. The third-order valence-corrected chi connectivity index (χ3v) is 3.66. The molecule has 0 N–H and O–H groups in total. The van der Waals surface area contributed by atoms with Crippen LogP contribution in [-0.2, 0) is 6.42 Å². The molecule has 0 radical (unpaired) electrons. The molecule has 2 rings (SSSR count). The molecule has 1 atom stereocenters. The lowest BCUT2D eigenvalue weighted by atomic mass is 9.70. The second-order valence-electron chi connectivity index (χ2n) is 5.35. The molecule has 1 nitrogen and oxygen atoms in total. The van der Waals surface area contributed by atoms with E-state index >= 15 is 0 Å². The number of fused-ring (bicyclic) bond motifs is 1. The number of unbranched alkanes of at least 4 members (excludes halogenated alkanes) is 1. The van der Waals surface area contributed by atoms with Gasteiger partial charge in [-0.2, -0.15) is 0 Å². The summed E-state index contributed by atoms with van der Waals surface area (Å²) >= 11 is 0. The van der Waals surface area contributed by atoms with Crippen molar-refractivity contribution in [3.8, 4) is 0 Å². The predicted molar refractivity (Wildman–Crippen MR) is 66.7 cm³/mol. The van der Waals surface area contributed by atoms with Crippen LogP contribution in [0.15, 0.2) is 24.3 Å². The van der Waals surface area contributed by atoms with Gasteiger partial charge in [-0.1, -0.05) is 51.0 Å². The topological polar surface area (TPSA) is 17.1 Å². The van der Waals surface area contributed by atoms with Crippen LogP contribution in [0.4, 0.5) is 0 Å². The van der Waals surface area contributed by atoms with Crippen molar-refractivity contribution >= 4 is 5.78 Å². The highest BCUT2D eigenvalue weighted by molar-refractivity contribution is 5.99. The summed E-state index contributed by atoms with van der Waals surface area (Å²) in [5.74, 6) is 0.334. The molecule has 0 aromatic heterocycles. The van der Waals surface area contributed by atoms with Crippen molar-refractivity contribution in [1.82, 2.24) is 0 Å². The zero-order chi connectivity index (χ0) is 11.6. The average Bonchev–Trinajstić information content (AvgIpc) is 2.26. The van der Waals surface area contributed by atoms with Crippen molar-refractivity contribution in [2.24, 2.45) is 5.41 Å². The van der Waals surface area contributed by atoms with Gasteiger partial charge in [0.1, 0.15) is 0 Å². The Hall–Kier alpha value is -1.11. The van der Waals surface area contributed by atoms with Gasteiger partial charge in [-0.05, 0) is 23.8 Å². The lowest BCUT2D eigenvalue weighted by molar-refractivity contribution is 0.0888. The molecule has 0 unspecified atom stereocenters. The van der Waals surface area contributed by atoms with Gasteiger partial charge in [0.05, 0.1) is 0 Å². The smallest absolute Gasteiger partial charge is 0.163 e. The standard InChI is InChI=1S/C15H20O/c1-3-4-9-15(2)10-12-7-5-6-8-13(12)14(16)11-15/h5-8H,3-4,9-11H2,1-2H3/t15-/m0/s1. The molecule has 86 valence electrons. The first-order chi connectivity index (χ1) is 7.64. The summed E-state index contributed by atoms with van der Waals surface area (Å²) in [6.07, 6.45) is 5.40. The van der Waals surface area contributed by atoms with E-state index in [1.165, 1.54) is 24.8 Å². The Morgan fingerprint density at radius 2 is 2.00 bits per heavy atom. The summed E-state index contributed by atoms with van der Waals surface area (Å²) < 4.78 is 0. The lowest BCUT2D eigenvalue weighted by Crippen LogP contribution is -2.29. The van der Waals surface area contributed by atoms with Gasteiger partial charge in [0.2, 0.25) is 0 Å². The number of Topliss-reactive ketones (excluding diaryl/α,β-unsaturated/α-hetero) is 1. The summed E-state index contributed by atoms with van der Waals surface area (Å²) in [6, 6.07) is 8.08. The van der Waals surface area contributed by atoms with E-state index in [-0.39, 0.29) is 5.41 Å². The number of benzene rings is 1. The van der Waals surface area contributed by atoms with Gasteiger partial charge in [-0.25, -0.2) is 0 Å². The van der Waals surface area contributed by atoms with Crippen LogP contribution in [0.25, 0.3) is 0 Å². The number of ketones is 1. The third kappa shape index (κ3) is 2.18. The minimum Gasteiger partial charge on any atom is -0.294 e. The molecule has 1 aliphatic carbocycles. The molecule has 0 aliphatic heterocycles. The van der Waals surface area contributed by atoms with Gasteiger partial charge in [0.25, 0.3) is 0 Å². The monoisotopic (exact) mass is 216 g/mol. The fourth-order valence-corrected chi connectivity index (χ4v) is 2.73. The van der Waals surface area contributed by atoms with Crippen LogP contribution in [-0.4, -0.2) is 5.78 Å². The van der Waals surface area contributed by atoms with E-state index in [0.717, 1.165) is 18.4 Å². The SMILES string of the molecule is CCCC[C@]1(C)CC(=O)c2ccccc2C1. The van der Waals surface area contributed by atoms with Crippen LogP contribution in [0.1, 0.15) is 55.5 Å². The molecule has 1 aromatic carbocycles. The molecule has 16 heavy (non-hydrogen) atoms. The summed E-state index contributed by atoms with van der Waals surface area (Å²) in [4.78, 5) is 12.1. The molecule has 1 heteroatoms. The van der Waals surface area contributed by atoms with E-state index in [9.17, 15) is 4.79 Å². The molecule has 1 aromatic rings. The molecule has 0 saturated heterocycles. The maximum Gasteiger partial charge on any atom is 0.163 e. The summed E-state index contributed by atoms with van der Waals surface area (Å²) in [5.41, 5.74) is 2.40. The van der Waals surface area contributed by atoms with Gasteiger partial charge in [-0.3, -0.25) is 4.79 Å². The van der Waals surface area contributed by atoms with Crippen LogP contribution < -0.4 is 0 Å². The highest BCUT2D eigenvalue weighted by Gasteiger charge is 2.33. The Morgan fingerprint density at radius 3 is 2.75 bits per heavy atom. The van der Waals surface area contributed by atoms with E-state index in [1.54, 1.807) is 0 Å².